The molecular formula is C25H24N2O3. The Bertz CT molecular complexity index is 1060. The monoisotopic (exact) mass is 400 g/mol. The smallest absolute Gasteiger partial charge is 0.259 e. The normalized spacial score (nSPS) is 13.7. The molecule has 1 aliphatic heterocycles. The first kappa shape index (κ1) is 19.7. The van der Waals surface area contributed by atoms with Crippen LogP contribution >= 0.6 is 0 Å². The van der Waals surface area contributed by atoms with Crippen molar-refractivity contribution in [1.82, 2.24) is 0 Å². The van der Waals surface area contributed by atoms with Crippen LogP contribution in [0, 0.1) is 0 Å². The molecule has 1 aliphatic rings. The first-order chi connectivity index (χ1) is 14.7. The quantitative estimate of drug-likeness (QED) is 0.584. The molecule has 30 heavy (non-hydrogen) atoms. The zero-order valence-corrected chi connectivity index (χ0v) is 16.7. The average Bonchev–Trinajstić information content (AvgIpc) is 2.80. The Morgan fingerprint density at radius 1 is 0.900 bits per heavy atom. The van der Waals surface area contributed by atoms with Crippen molar-refractivity contribution in [3.05, 3.63) is 77.9 Å². The molecule has 3 aromatic carbocycles. The summed E-state index contributed by atoms with van der Waals surface area (Å²) in [5.41, 5.74) is 3.77. The number of phenols is 1. The van der Waals surface area contributed by atoms with E-state index in [1.165, 1.54) is 6.42 Å². The number of carbonyl (C=O) groups is 2. The van der Waals surface area contributed by atoms with Gasteiger partial charge in [-0.15, -0.1) is 0 Å². The third-order valence-electron chi connectivity index (χ3n) is 5.48. The summed E-state index contributed by atoms with van der Waals surface area (Å²) in [6, 6.07) is 20.2. The topological polar surface area (TPSA) is 69.6 Å². The maximum absolute atomic E-state index is 12.8. The molecule has 0 atom stereocenters. The lowest BCUT2D eigenvalue weighted by molar-refractivity contribution is 0.102. The summed E-state index contributed by atoms with van der Waals surface area (Å²) in [6.07, 6.45) is 4.21. The number of hydrogen-bond donors (Lipinski definition) is 2. The number of benzene rings is 3. The van der Waals surface area contributed by atoms with Crippen LogP contribution in [0.15, 0.2) is 66.7 Å². The SMILES string of the molecule is O=Cc1ccc(-c2ccccc2)cc1NC(=O)c1ccc(N2CCCCC2)cc1O. The largest absolute Gasteiger partial charge is 0.507 e. The maximum Gasteiger partial charge on any atom is 0.259 e. The molecule has 152 valence electrons. The highest BCUT2D eigenvalue weighted by Crippen LogP contribution is 2.29. The summed E-state index contributed by atoms with van der Waals surface area (Å²) >= 11 is 0. The number of rotatable bonds is 5. The van der Waals surface area contributed by atoms with E-state index in [1.54, 1.807) is 24.3 Å². The summed E-state index contributed by atoms with van der Waals surface area (Å²) in [6.45, 7) is 1.92. The van der Waals surface area contributed by atoms with Gasteiger partial charge in [-0.25, -0.2) is 0 Å². The number of hydrogen-bond acceptors (Lipinski definition) is 4. The molecule has 4 rings (SSSR count). The number of nitrogens with zero attached hydrogens (tertiary/aromatic N) is 1. The summed E-state index contributed by atoms with van der Waals surface area (Å²) in [7, 11) is 0. The predicted molar refractivity (Wildman–Crippen MR) is 119 cm³/mol. The molecule has 0 aromatic heterocycles. The van der Waals surface area contributed by atoms with Gasteiger partial charge in [-0.2, -0.15) is 0 Å². The minimum absolute atomic E-state index is 0.0672. The van der Waals surface area contributed by atoms with Crippen LogP contribution in [0.25, 0.3) is 11.1 Å². The summed E-state index contributed by atoms with van der Waals surface area (Å²) < 4.78 is 0. The van der Waals surface area contributed by atoms with Gasteiger partial charge in [0, 0.05) is 30.4 Å². The molecule has 3 aromatic rings. The van der Waals surface area contributed by atoms with Crippen molar-refractivity contribution in [3.63, 3.8) is 0 Å². The summed E-state index contributed by atoms with van der Waals surface area (Å²) in [5.74, 6) is -0.520. The fourth-order valence-electron chi connectivity index (χ4n) is 3.83. The van der Waals surface area contributed by atoms with E-state index >= 15 is 0 Å². The highest BCUT2D eigenvalue weighted by Gasteiger charge is 2.17. The van der Waals surface area contributed by atoms with Crippen LogP contribution in [0.1, 0.15) is 40.0 Å². The van der Waals surface area contributed by atoms with Crippen molar-refractivity contribution in [1.29, 1.82) is 0 Å². The third kappa shape index (κ3) is 4.20. The molecular weight excluding hydrogens is 376 g/mol. The maximum atomic E-state index is 12.8. The molecule has 0 aliphatic carbocycles. The Morgan fingerprint density at radius 3 is 2.37 bits per heavy atom. The molecule has 2 N–H and O–H groups in total. The average molecular weight is 400 g/mol. The van der Waals surface area contributed by atoms with Crippen LogP contribution in [-0.4, -0.2) is 30.4 Å². The fraction of sp³-hybridized carbons (Fsp3) is 0.200. The minimum Gasteiger partial charge on any atom is -0.507 e. The van der Waals surface area contributed by atoms with E-state index in [4.69, 9.17) is 0 Å². The van der Waals surface area contributed by atoms with E-state index in [2.05, 4.69) is 10.2 Å². The molecule has 5 nitrogen and oxygen atoms in total. The number of anilines is 2. The van der Waals surface area contributed by atoms with Gasteiger partial charge in [0.05, 0.1) is 11.3 Å². The summed E-state index contributed by atoms with van der Waals surface area (Å²) in [5, 5.41) is 13.3. The van der Waals surface area contributed by atoms with Crippen LogP contribution in [0.5, 0.6) is 5.75 Å². The number of aromatic hydroxyl groups is 1. The number of amides is 1. The van der Waals surface area contributed by atoms with E-state index < -0.39 is 5.91 Å². The van der Waals surface area contributed by atoms with E-state index in [0.717, 1.165) is 42.7 Å². The summed E-state index contributed by atoms with van der Waals surface area (Å²) in [4.78, 5) is 26.5. The second-order valence-electron chi connectivity index (χ2n) is 7.49. The van der Waals surface area contributed by atoms with Gasteiger partial charge in [-0.3, -0.25) is 9.59 Å². The van der Waals surface area contributed by atoms with E-state index in [9.17, 15) is 14.7 Å². The molecule has 1 saturated heterocycles. The molecule has 0 bridgehead atoms. The number of piperidine rings is 1. The van der Waals surface area contributed by atoms with Crippen molar-refractivity contribution in [2.24, 2.45) is 0 Å². The van der Waals surface area contributed by atoms with Gasteiger partial charge in [0.2, 0.25) is 0 Å². The molecule has 0 spiro atoms. The van der Waals surface area contributed by atoms with Gasteiger partial charge < -0.3 is 15.3 Å². The number of nitrogens with one attached hydrogen (secondary N) is 1. The molecule has 1 fully saturated rings. The Kier molecular flexibility index (Phi) is 5.80. The second kappa shape index (κ2) is 8.82. The van der Waals surface area contributed by atoms with Gasteiger partial charge >= 0.3 is 0 Å². The minimum atomic E-state index is -0.453. The predicted octanol–water partition coefficient (Wildman–Crippen LogP) is 5.11. The van der Waals surface area contributed by atoms with Crippen molar-refractivity contribution < 1.29 is 14.7 Å². The van der Waals surface area contributed by atoms with Crippen molar-refractivity contribution in [2.45, 2.75) is 19.3 Å². The van der Waals surface area contributed by atoms with Crippen LogP contribution in [0.2, 0.25) is 0 Å². The molecule has 1 heterocycles. The zero-order valence-electron chi connectivity index (χ0n) is 16.7. The third-order valence-corrected chi connectivity index (χ3v) is 5.48. The highest BCUT2D eigenvalue weighted by molar-refractivity contribution is 6.08. The fourth-order valence-corrected chi connectivity index (χ4v) is 3.83. The van der Waals surface area contributed by atoms with Crippen LogP contribution < -0.4 is 10.2 Å². The lowest BCUT2D eigenvalue weighted by Gasteiger charge is -2.29. The van der Waals surface area contributed by atoms with Crippen LogP contribution in [0.4, 0.5) is 11.4 Å². The molecule has 0 radical (unpaired) electrons. The molecule has 0 saturated carbocycles. The van der Waals surface area contributed by atoms with Crippen molar-refractivity contribution >= 4 is 23.6 Å². The Balaban J connectivity index is 1.58. The van der Waals surface area contributed by atoms with E-state index in [0.29, 0.717) is 17.5 Å². The standard InChI is InChI=1S/C25H24N2O3/c28-17-20-10-9-19(18-7-3-1-4-8-18)15-23(20)26-25(30)22-12-11-21(16-24(22)29)27-13-5-2-6-14-27/h1,3-4,7-12,15-17,29H,2,5-6,13-14H2,(H,26,30). The van der Waals surface area contributed by atoms with E-state index in [1.807, 2.05) is 42.5 Å². The van der Waals surface area contributed by atoms with Gasteiger partial charge in [0.1, 0.15) is 5.75 Å². The lowest BCUT2D eigenvalue weighted by atomic mass is 10.0. The highest BCUT2D eigenvalue weighted by atomic mass is 16.3. The first-order valence-electron chi connectivity index (χ1n) is 10.2. The first-order valence-corrected chi connectivity index (χ1v) is 10.2. The van der Waals surface area contributed by atoms with Crippen LogP contribution in [0.3, 0.4) is 0 Å². The zero-order chi connectivity index (χ0) is 20.9. The van der Waals surface area contributed by atoms with Gasteiger partial charge in [0.15, 0.2) is 6.29 Å². The van der Waals surface area contributed by atoms with Gasteiger partial charge in [-0.05, 0) is 54.7 Å². The molecule has 5 heteroatoms. The second-order valence-corrected chi connectivity index (χ2v) is 7.49. The van der Waals surface area contributed by atoms with Gasteiger partial charge in [0.25, 0.3) is 5.91 Å². The Labute approximate surface area is 176 Å². The van der Waals surface area contributed by atoms with E-state index in [-0.39, 0.29) is 11.3 Å². The van der Waals surface area contributed by atoms with Crippen LogP contribution in [-0.2, 0) is 0 Å². The van der Waals surface area contributed by atoms with Crippen molar-refractivity contribution in [2.75, 3.05) is 23.3 Å². The number of phenolic OH excluding ortho intramolecular Hbond substituents is 1. The molecule has 1 amide bonds. The van der Waals surface area contributed by atoms with Crippen molar-refractivity contribution in [3.8, 4) is 16.9 Å². The number of carbonyl (C=O) groups excluding carboxylic acids is 2. The Morgan fingerprint density at radius 2 is 1.67 bits per heavy atom. The lowest BCUT2D eigenvalue weighted by Crippen LogP contribution is -2.29. The molecule has 0 unspecified atom stereocenters. The Hall–Kier alpha value is -3.60. The number of aldehydes is 1. The van der Waals surface area contributed by atoms with Gasteiger partial charge in [-0.1, -0.05) is 36.4 Å².